The van der Waals surface area contributed by atoms with Crippen molar-refractivity contribution in [3.8, 4) is 5.75 Å². The third-order valence-corrected chi connectivity index (χ3v) is 4.89. The van der Waals surface area contributed by atoms with E-state index in [2.05, 4.69) is 13.8 Å². The van der Waals surface area contributed by atoms with Crippen LogP contribution in [0.3, 0.4) is 0 Å². The van der Waals surface area contributed by atoms with Gasteiger partial charge in [0, 0.05) is 12.8 Å². The standard InChI is InChI=1S/C20H30O5/c1-19(2,11-5-7-17(22)23)14-9-10-16(21)15(13-14)20(3,4)12-6-8-18(24)25/h9-10,13,21H,5-8,11-12H2,1-4H3,(H,22,23)(H,24,25). The molecular weight excluding hydrogens is 320 g/mol. The Bertz CT molecular complexity index is 617. The van der Waals surface area contributed by atoms with E-state index in [0.717, 1.165) is 17.5 Å². The number of aromatic hydroxyl groups is 1. The summed E-state index contributed by atoms with van der Waals surface area (Å²) in [5, 5.41) is 27.9. The van der Waals surface area contributed by atoms with Crippen molar-refractivity contribution in [2.24, 2.45) is 0 Å². The minimum absolute atomic E-state index is 0.116. The minimum Gasteiger partial charge on any atom is -0.508 e. The van der Waals surface area contributed by atoms with Crippen molar-refractivity contribution in [3.63, 3.8) is 0 Å². The molecule has 0 aromatic heterocycles. The minimum atomic E-state index is -0.812. The molecule has 0 fully saturated rings. The quantitative estimate of drug-likeness (QED) is 0.579. The lowest BCUT2D eigenvalue weighted by atomic mass is 9.74. The highest BCUT2D eigenvalue weighted by Gasteiger charge is 2.27. The molecule has 0 heterocycles. The zero-order valence-electron chi connectivity index (χ0n) is 15.6. The SMILES string of the molecule is CC(C)(CCCC(=O)O)c1ccc(O)c(C(C)(C)CCCC(=O)O)c1. The third kappa shape index (κ3) is 6.40. The summed E-state index contributed by atoms with van der Waals surface area (Å²) in [6, 6.07) is 5.55. The van der Waals surface area contributed by atoms with E-state index in [-0.39, 0.29) is 29.4 Å². The van der Waals surface area contributed by atoms with Gasteiger partial charge in [0.05, 0.1) is 0 Å². The first-order chi connectivity index (χ1) is 11.5. The summed E-state index contributed by atoms with van der Waals surface area (Å²) in [6.07, 6.45) is 2.81. The fourth-order valence-electron chi connectivity index (χ4n) is 3.14. The second kappa shape index (κ2) is 8.37. The Hall–Kier alpha value is -2.04. The second-order valence-electron chi connectivity index (χ2n) is 7.99. The van der Waals surface area contributed by atoms with Gasteiger partial charge >= 0.3 is 11.9 Å². The van der Waals surface area contributed by atoms with Gasteiger partial charge < -0.3 is 15.3 Å². The molecule has 0 amide bonds. The maximum absolute atomic E-state index is 10.7. The molecule has 0 radical (unpaired) electrons. The maximum atomic E-state index is 10.7. The molecule has 0 aliphatic heterocycles. The molecule has 0 aliphatic carbocycles. The number of carboxylic acids is 2. The summed E-state index contributed by atoms with van der Waals surface area (Å²) in [7, 11) is 0. The first kappa shape index (κ1) is 21.0. The Morgan fingerprint density at radius 2 is 1.36 bits per heavy atom. The van der Waals surface area contributed by atoms with E-state index in [0.29, 0.717) is 19.3 Å². The molecule has 0 atom stereocenters. The molecule has 1 aromatic rings. The number of carboxylic acid groups (broad SMARTS) is 2. The molecule has 0 saturated heterocycles. The number of rotatable bonds is 10. The molecule has 5 heteroatoms. The first-order valence-electron chi connectivity index (χ1n) is 8.73. The predicted octanol–water partition coefficient (Wildman–Crippen LogP) is 4.46. The van der Waals surface area contributed by atoms with Gasteiger partial charge in [0.1, 0.15) is 5.75 Å². The summed E-state index contributed by atoms with van der Waals surface area (Å²) < 4.78 is 0. The number of benzene rings is 1. The molecule has 0 saturated carbocycles. The fraction of sp³-hybridized carbons (Fsp3) is 0.600. The van der Waals surface area contributed by atoms with Gasteiger partial charge in [-0.15, -0.1) is 0 Å². The summed E-state index contributed by atoms with van der Waals surface area (Å²) >= 11 is 0. The Labute approximate surface area is 149 Å². The Kier molecular flexibility index (Phi) is 7.03. The van der Waals surface area contributed by atoms with Gasteiger partial charge in [-0.1, -0.05) is 39.8 Å². The van der Waals surface area contributed by atoms with Crippen molar-refractivity contribution >= 4 is 11.9 Å². The molecular formula is C20H30O5. The van der Waals surface area contributed by atoms with E-state index in [9.17, 15) is 14.7 Å². The van der Waals surface area contributed by atoms with Crippen molar-refractivity contribution in [2.75, 3.05) is 0 Å². The maximum Gasteiger partial charge on any atom is 0.303 e. The Balaban J connectivity index is 2.97. The molecule has 140 valence electrons. The zero-order chi connectivity index (χ0) is 19.3. The normalized spacial score (nSPS) is 12.2. The molecule has 1 aromatic carbocycles. The zero-order valence-corrected chi connectivity index (χ0v) is 15.6. The number of aliphatic carboxylic acids is 2. The van der Waals surface area contributed by atoms with Crippen molar-refractivity contribution in [2.45, 2.75) is 77.0 Å². The van der Waals surface area contributed by atoms with Gasteiger partial charge in [0.2, 0.25) is 0 Å². The molecule has 0 aliphatic rings. The highest BCUT2D eigenvalue weighted by atomic mass is 16.4. The van der Waals surface area contributed by atoms with Crippen LogP contribution in [0, 0.1) is 0 Å². The average molecular weight is 350 g/mol. The van der Waals surface area contributed by atoms with Crippen LogP contribution in [0.25, 0.3) is 0 Å². The summed E-state index contributed by atoms with van der Waals surface area (Å²) in [5.41, 5.74) is 1.32. The number of phenols is 1. The van der Waals surface area contributed by atoms with Crippen molar-refractivity contribution in [3.05, 3.63) is 29.3 Å². The van der Waals surface area contributed by atoms with Crippen LogP contribution in [0.1, 0.15) is 77.3 Å². The fourth-order valence-corrected chi connectivity index (χ4v) is 3.14. The third-order valence-electron chi connectivity index (χ3n) is 4.89. The first-order valence-corrected chi connectivity index (χ1v) is 8.73. The Morgan fingerprint density at radius 1 is 0.880 bits per heavy atom. The van der Waals surface area contributed by atoms with Gasteiger partial charge in [-0.25, -0.2) is 0 Å². The highest BCUT2D eigenvalue weighted by Crippen LogP contribution is 2.39. The van der Waals surface area contributed by atoms with Crippen LogP contribution >= 0.6 is 0 Å². The van der Waals surface area contributed by atoms with Gasteiger partial charge in [0.15, 0.2) is 0 Å². The summed E-state index contributed by atoms with van der Waals surface area (Å²) in [6.45, 7) is 8.15. The molecule has 0 unspecified atom stereocenters. The van der Waals surface area contributed by atoms with Crippen LogP contribution in [0.15, 0.2) is 18.2 Å². The lowest BCUT2D eigenvalue weighted by molar-refractivity contribution is -0.138. The van der Waals surface area contributed by atoms with Crippen LogP contribution in [-0.2, 0) is 20.4 Å². The van der Waals surface area contributed by atoms with E-state index in [4.69, 9.17) is 10.2 Å². The van der Waals surface area contributed by atoms with Gasteiger partial charge in [0.25, 0.3) is 0 Å². The largest absolute Gasteiger partial charge is 0.508 e. The highest BCUT2D eigenvalue weighted by molar-refractivity contribution is 5.66. The summed E-state index contributed by atoms with van der Waals surface area (Å²) in [5.74, 6) is -1.39. The van der Waals surface area contributed by atoms with E-state index in [1.54, 1.807) is 6.07 Å². The van der Waals surface area contributed by atoms with E-state index < -0.39 is 11.9 Å². The van der Waals surface area contributed by atoms with Crippen LogP contribution < -0.4 is 0 Å². The van der Waals surface area contributed by atoms with Gasteiger partial charge in [-0.3, -0.25) is 9.59 Å². The van der Waals surface area contributed by atoms with Crippen LogP contribution in [0.5, 0.6) is 5.75 Å². The lowest BCUT2D eigenvalue weighted by Crippen LogP contribution is -2.22. The molecule has 5 nitrogen and oxygen atoms in total. The van der Waals surface area contributed by atoms with Crippen molar-refractivity contribution < 1.29 is 24.9 Å². The van der Waals surface area contributed by atoms with Crippen LogP contribution in [-0.4, -0.2) is 27.3 Å². The average Bonchev–Trinajstić information content (AvgIpc) is 2.45. The molecule has 3 N–H and O–H groups in total. The monoisotopic (exact) mass is 350 g/mol. The van der Waals surface area contributed by atoms with Crippen molar-refractivity contribution in [1.82, 2.24) is 0 Å². The number of phenolic OH excluding ortho intramolecular Hbond substituents is 1. The number of hydrogen-bond acceptors (Lipinski definition) is 3. The topological polar surface area (TPSA) is 94.8 Å². The Morgan fingerprint density at radius 3 is 1.84 bits per heavy atom. The second-order valence-corrected chi connectivity index (χ2v) is 7.99. The van der Waals surface area contributed by atoms with Crippen molar-refractivity contribution in [1.29, 1.82) is 0 Å². The van der Waals surface area contributed by atoms with Crippen LogP contribution in [0.4, 0.5) is 0 Å². The number of hydrogen-bond donors (Lipinski definition) is 3. The molecule has 0 spiro atoms. The molecule has 25 heavy (non-hydrogen) atoms. The smallest absolute Gasteiger partial charge is 0.303 e. The molecule has 0 bridgehead atoms. The van der Waals surface area contributed by atoms with E-state index in [1.807, 2.05) is 26.0 Å². The van der Waals surface area contributed by atoms with E-state index in [1.165, 1.54) is 0 Å². The van der Waals surface area contributed by atoms with Gasteiger partial charge in [-0.2, -0.15) is 0 Å². The lowest BCUT2D eigenvalue weighted by Gasteiger charge is -2.30. The van der Waals surface area contributed by atoms with E-state index >= 15 is 0 Å². The van der Waals surface area contributed by atoms with Crippen LogP contribution in [0.2, 0.25) is 0 Å². The number of carbonyl (C=O) groups is 2. The summed E-state index contributed by atoms with van der Waals surface area (Å²) in [4.78, 5) is 21.5. The molecule has 1 rings (SSSR count). The van der Waals surface area contributed by atoms with Gasteiger partial charge in [-0.05, 0) is 53.7 Å². The predicted molar refractivity (Wildman–Crippen MR) is 97.1 cm³/mol.